The topological polar surface area (TPSA) is 54.7 Å². The number of anilines is 2. The minimum Gasteiger partial charge on any atom is -0.490 e. The van der Waals surface area contributed by atoms with Gasteiger partial charge in [0.15, 0.2) is 5.58 Å². The molecule has 1 aromatic heterocycles. The highest BCUT2D eigenvalue weighted by Gasteiger charge is 2.23. The lowest BCUT2D eigenvalue weighted by Crippen LogP contribution is -2.29. The van der Waals surface area contributed by atoms with Crippen LogP contribution in [0.1, 0.15) is 21.5 Å². The third-order valence-corrected chi connectivity index (χ3v) is 6.41. The van der Waals surface area contributed by atoms with Crippen molar-refractivity contribution in [2.75, 3.05) is 24.3 Å². The van der Waals surface area contributed by atoms with Gasteiger partial charge in [0.2, 0.25) is 0 Å². The Kier molecular flexibility index (Phi) is 5.53. The molecule has 0 spiro atoms. The molecule has 0 aliphatic carbocycles. The van der Waals surface area contributed by atoms with Gasteiger partial charge in [-0.2, -0.15) is 0 Å². The Morgan fingerprint density at radius 2 is 1.91 bits per heavy atom. The largest absolute Gasteiger partial charge is 0.490 e. The summed E-state index contributed by atoms with van der Waals surface area (Å²) in [5.74, 6) is 0.584. The Bertz CT molecular complexity index is 1280. The number of hydrogen-bond acceptors (Lipinski definition) is 5. The number of aryl methyl sites for hydroxylation is 1. The molecule has 0 atom stereocenters. The lowest BCUT2D eigenvalue weighted by atomic mass is 10.1. The molecule has 2 heterocycles. The molecule has 0 fully saturated rings. The second-order valence-corrected chi connectivity index (χ2v) is 8.72. The summed E-state index contributed by atoms with van der Waals surface area (Å²) in [5.41, 5.74) is 5.63. The van der Waals surface area contributed by atoms with Crippen molar-refractivity contribution in [2.24, 2.45) is 0 Å². The van der Waals surface area contributed by atoms with Crippen LogP contribution in [0.5, 0.6) is 5.75 Å². The molecule has 1 N–H and O–H groups in total. The molecule has 1 aliphatic heterocycles. The van der Waals surface area contributed by atoms with Crippen LogP contribution in [-0.2, 0) is 6.54 Å². The Morgan fingerprint density at radius 1 is 1.06 bits per heavy atom. The van der Waals surface area contributed by atoms with Crippen LogP contribution in [0.15, 0.2) is 76.2 Å². The predicted molar refractivity (Wildman–Crippen MR) is 129 cm³/mol. The highest BCUT2D eigenvalue weighted by molar-refractivity contribution is 7.98. The monoisotopic (exact) mass is 444 g/mol. The summed E-state index contributed by atoms with van der Waals surface area (Å²) in [5, 5.41) is 4.08. The summed E-state index contributed by atoms with van der Waals surface area (Å²) in [6.07, 6.45) is 3.77. The first-order valence-electron chi connectivity index (χ1n) is 10.6. The second kappa shape index (κ2) is 8.63. The zero-order valence-electron chi connectivity index (χ0n) is 18.1. The first kappa shape index (κ1) is 20.5. The van der Waals surface area contributed by atoms with Gasteiger partial charge in [0.05, 0.1) is 24.2 Å². The minimum absolute atomic E-state index is 0.119. The molecular weight excluding hydrogens is 420 g/mol. The van der Waals surface area contributed by atoms with Gasteiger partial charge in [-0.25, -0.2) is 0 Å². The van der Waals surface area contributed by atoms with Crippen LogP contribution in [-0.4, -0.2) is 25.3 Å². The maximum atomic E-state index is 12.8. The first-order chi connectivity index (χ1) is 15.6. The summed E-state index contributed by atoms with van der Waals surface area (Å²) in [6.45, 7) is 3.82. The highest BCUT2D eigenvalue weighted by Crippen LogP contribution is 2.40. The number of hydrogen-bond donors (Lipinski definition) is 1. The quantitative estimate of drug-likeness (QED) is 0.387. The van der Waals surface area contributed by atoms with Crippen molar-refractivity contribution in [1.82, 2.24) is 5.32 Å². The van der Waals surface area contributed by atoms with Gasteiger partial charge < -0.3 is 19.4 Å². The number of furan rings is 1. The SMILES string of the molecule is CSc1ccc(CNC(=O)c2ccc3c(c2)OCCN3c2cc(C)cc3ccoc23)cc1. The van der Waals surface area contributed by atoms with E-state index < -0.39 is 0 Å². The zero-order chi connectivity index (χ0) is 22.1. The summed E-state index contributed by atoms with van der Waals surface area (Å²) in [6, 6.07) is 20.1. The third-order valence-electron chi connectivity index (χ3n) is 5.66. The lowest BCUT2D eigenvalue weighted by molar-refractivity contribution is 0.0950. The molecule has 3 aromatic carbocycles. The van der Waals surface area contributed by atoms with E-state index >= 15 is 0 Å². The number of carbonyl (C=O) groups excluding carboxylic acids is 1. The number of carbonyl (C=O) groups is 1. The van der Waals surface area contributed by atoms with Gasteiger partial charge in [-0.3, -0.25) is 4.79 Å². The Labute approximate surface area is 191 Å². The summed E-state index contributed by atoms with van der Waals surface area (Å²) < 4.78 is 11.7. The zero-order valence-corrected chi connectivity index (χ0v) is 18.9. The van der Waals surface area contributed by atoms with Crippen LogP contribution in [0.2, 0.25) is 0 Å². The van der Waals surface area contributed by atoms with E-state index in [-0.39, 0.29) is 5.91 Å². The number of ether oxygens (including phenoxy) is 1. The van der Waals surface area contributed by atoms with Crippen LogP contribution < -0.4 is 15.0 Å². The van der Waals surface area contributed by atoms with Crippen molar-refractivity contribution >= 4 is 40.0 Å². The molecule has 0 unspecified atom stereocenters. The smallest absolute Gasteiger partial charge is 0.251 e. The second-order valence-electron chi connectivity index (χ2n) is 7.84. The number of nitrogens with one attached hydrogen (secondary N) is 1. The van der Waals surface area contributed by atoms with Crippen LogP contribution >= 0.6 is 11.8 Å². The molecule has 0 radical (unpaired) electrons. The first-order valence-corrected chi connectivity index (χ1v) is 11.8. The minimum atomic E-state index is -0.119. The van der Waals surface area contributed by atoms with E-state index in [0.29, 0.717) is 31.0 Å². The number of benzene rings is 3. The predicted octanol–water partition coefficient (Wildman–Crippen LogP) is 5.92. The van der Waals surface area contributed by atoms with E-state index in [9.17, 15) is 4.79 Å². The van der Waals surface area contributed by atoms with Crippen LogP contribution in [0.3, 0.4) is 0 Å². The van der Waals surface area contributed by atoms with Crippen LogP contribution in [0, 0.1) is 6.92 Å². The van der Waals surface area contributed by atoms with Gasteiger partial charge >= 0.3 is 0 Å². The molecule has 0 saturated carbocycles. The van der Waals surface area contributed by atoms with Crippen molar-refractivity contribution in [3.63, 3.8) is 0 Å². The molecule has 1 amide bonds. The molecule has 5 rings (SSSR count). The molecule has 4 aromatic rings. The van der Waals surface area contributed by atoms with Gasteiger partial charge in [-0.05, 0) is 72.8 Å². The van der Waals surface area contributed by atoms with Crippen molar-refractivity contribution < 1.29 is 13.9 Å². The third kappa shape index (κ3) is 3.94. The van der Waals surface area contributed by atoms with E-state index in [1.807, 2.05) is 42.7 Å². The molecule has 32 heavy (non-hydrogen) atoms. The van der Waals surface area contributed by atoms with Crippen LogP contribution in [0.25, 0.3) is 11.0 Å². The number of fused-ring (bicyclic) bond motifs is 2. The Hall–Kier alpha value is -3.38. The standard InChI is InChI=1S/C26H24N2O3S/c1-17-13-19-9-11-31-25(19)23(14-17)28-10-12-30-24-15-20(5-8-22(24)28)26(29)27-16-18-3-6-21(32-2)7-4-18/h3-9,11,13-15H,10,12,16H2,1-2H3,(H,27,29). The Morgan fingerprint density at radius 3 is 2.72 bits per heavy atom. The summed E-state index contributed by atoms with van der Waals surface area (Å²) in [7, 11) is 0. The number of rotatable bonds is 5. The van der Waals surface area contributed by atoms with Crippen molar-refractivity contribution in [1.29, 1.82) is 0 Å². The number of thioether (sulfide) groups is 1. The molecular formula is C26H24N2O3S. The molecule has 6 heteroatoms. The maximum Gasteiger partial charge on any atom is 0.251 e. The Balaban J connectivity index is 1.38. The molecule has 162 valence electrons. The molecule has 5 nitrogen and oxygen atoms in total. The fraction of sp³-hybridized carbons (Fsp3) is 0.192. The summed E-state index contributed by atoms with van der Waals surface area (Å²) in [4.78, 5) is 16.2. The van der Waals surface area contributed by atoms with E-state index in [0.717, 1.165) is 27.9 Å². The normalized spacial score (nSPS) is 13.0. The maximum absolute atomic E-state index is 12.8. The van der Waals surface area contributed by atoms with Gasteiger partial charge in [0.1, 0.15) is 12.4 Å². The van der Waals surface area contributed by atoms with E-state index in [2.05, 4.69) is 41.4 Å². The average Bonchev–Trinajstić information content (AvgIpc) is 3.30. The highest BCUT2D eigenvalue weighted by atomic mass is 32.2. The van der Waals surface area contributed by atoms with E-state index in [1.165, 1.54) is 10.5 Å². The number of amides is 1. The van der Waals surface area contributed by atoms with Gasteiger partial charge in [0.25, 0.3) is 5.91 Å². The fourth-order valence-corrected chi connectivity index (χ4v) is 4.46. The fourth-order valence-electron chi connectivity index (χ4n) is 4.05. The van der Waals surface area contributed by atoms with E-state index in [1.54, 1.807) is 18.0 Å². The molecule has 1 aliphatic rings. The van der Waals surface area contributed by atoms with Gasteiger partial charge in [0, 0.05) is 22.4 Å². The van der Waals surface area contributed by atoms with Crippen LogP contribution in [0.4, 0.5) is 11.4 Å². The summed E-state index contributed by atoms with van der Waals surface area (Å²) >= 11 is 1.70. The van der Waals surface area contributed by atoms with Gasteiger partial charge in [-0.1, -0.05) is 12.1 Å². The molecule has 0 bridgehead atoms. The lowest BCUT2D eigenvalue weighted by Gasteiger charge is -2.31. The van der Waals surface area contributed by atoms with E-state index in [4.69, 9.17) is 9.15 Å². The van der Waals surface area contributed by atoms with Crippen molar-refractivity contribution in [2.45, 2.75) is 18.4 Å². The molecule has 0 saturated heterocycles. The van der Waals surface area contributed by atoms with Gasteiger partial charge in [-0.15, -0.1) is 11.8 Å². The van der Waals surface area contributed by atoms with Crippen molar-refractivity contribution in [3.05, 3.63) is 83.6 Å². The van der Waals surface area contributed by atoms with Crippen molar-refractivity contribution in [3.8, 4) is 5.75 Å². The average molecular weight is 445 g/mol. The number of nitrogens with zero attached hydrogens (tertiary/aromatic N) is 1.